The molecule has 0 aliphatic heterocycles. The standard InChI is InChI=1S/C25H28N4OS/c1-15-6-21-22(27-14-28-24(21)31-15)26-13-16-2-4-20(5-3-16)23(30)29-25-10-17-7-18(11-25)9-19(8-17)12-25/h2-6,14,17-19H,7-13H2,1H3,(H,29,30)(H,26,27,28). The summed E-state index contributed by atoms with van der Waals surface area (Å²) >= 11 is 1.68. The highest BCUT2D eigenvalue weighted by molar-refractivity contribution is 7.18. The molecule has 2 N–H and O–H groups in total. The summed E-state index contributed by atoms with van der Waals surface area (Å²) in [6, 6.07) is 10.1. The van der Waals surface area contributed by atoms with Gasteiger partial charge in [0, 0.05) is 22.5 Å². The van der Waals surface area contributed by atoms with Crippen molar-refractivity contribution in [2.24, 2.45) is 17.8 Å². The number of nitrogens with zero attached hydrogens (tertiary/aromatic N) is 2. The van der Waals surface area contributed by atoms with Crippen LogP contribution in [-0.4, -0.2) is 21.4 Å². The Morgan fingerprint density at radius 3 is 2.42 bits per heavy atom. The number of benzene rings is 1. The Morgan fingerprint density at radius 2 is 1.74 bits per heavy atom. The lowest BCUT2D eigenvalue weighted by Crippen LogP contribution is -2.59. The maximum atomic E-state index is 13.0. The van der Waals surface area contributed by atoms with Gasteiger partial charge in [-0.15, -0.1) is 11.3 Å². The Hall–Kier alpha value is -2.47. The van der Waals surface area contributed by atoms with Gasteiger partial charge in [-0.2, -0.15) is 0 Å². The molecule has 2 heterocycles. The molecule has 4 aliphatic rings. The predicted molar refractivity (Wildman–Crippen MR) is 124 cm³/mol. The van der Waals surface area contributed by atoms with Crippen LogP contribution in [0, 0.1) is 24.7 Å². The topological polar surface area (TPSA) is 66.9 Å². The Labute approximate surface area is 186 Å². The summed E-state index contributed by atoms with van der Waals surface area (Å²) in [6.45, 7) is 2.75. The number of carbonyl (C=O) groups excluding carboxylic acids is 1. The molecule has 4 bridgehead atoms. The van der Waals surface area contributed by atoms with Gasteiger partial charge in [-0.05, 0) is 87.0 Å². The number of hydrogen-bond donors (Lipinski definition) is 2. The van der Waals surface area contributed by atoms with Gasteiger partial charge in [0.05, 0.1) is 5.39 Å². The van der Waals surface area contributed by atoms with Crippen molar-refractivity contribution in [3.8, 4) is 0 Å². The van der Waals surface area contributed by atoms with E-state index in [1.54, 1.807) is 17.7 Å². The smallest absolute Gasteiger partial charge is 0.251 e. The molecule has 1 amide bonds. The Bertz CT molecular complexity index is 1100. The molecule has 0 spiro atoms. The van der Waals surface area contributed by atoms with Crippen LogP contribution in [0.4, 0.5) is 5.82 Å². The number of rotatable bonds is 5. The lowest BCUT2D eigenvalue weighted by Gasteiger charge is -2.56. The van der Waals surface area contributed by atoms with Crippen molar-refractivity contribution in [2.45, 2.75) is 57.5 Å². The van der Waals surface area contributed by atoms with Gasteiger partial charge in [0.1, 0.15) is 17.0 Å². The van der Waals surface area contributed by atoms with Crippen LogP contribution >= 0.6 is 11.3 Å². The van der Waals surface area contributed by atoms with Crippen LogP contribution < -0.4 is 10.6 Å². The minimum atomic E-state index is 0.0586. The molecular formula is C25H28N4OS. The van der Waals surface area contributed by atoms with E-state index in [0.717, 1.165) is 44.9 Å². The minimum Gasteiger partial charge on any atom is -0.365 e. The molecule has 7 rings (SSSR count). The molecule has 5 nitrogen and oxygen atoms in total. The Morgan fingerprint density at radius 1 is 1.06 bits per heavy atom. The third-order valence-electron chi connectivity index (χ3n) is 7.55. The second-order valence-electron chi connectivity index (χ2n) is 10.0. The van der Waals surface area contributed by atoms with Gasteiger partial charge < -0.3 is 10.6 Å². The van der Waals surface area contributed by atoms with Gasteiger partial charge in [-0.3, -0.25) is 4.79 Å². The van der Waals surface area contributed by atoms with Crippen LogP contribution in [0.15, 0.2) is 36.7 Å². The fourth-order valence-electron chi connectivity index (χ4n) is 6.65. The molecule has 0 saturated heterocycles. The lowest BCUT2D eigenvalue weighted by atomic mass is 9.53. The summed E-state index contributed by atoms with van der Waals surface area (Å²) in [7, 11) is 0. The van der Waals surface area contributed by atoms with Crippen LogP contribution in [0.3, 0.4) is 0 Å². The number of thiophene rings is 1. The summed E-state index contributed by atoms with van der Waals surface area (Å²) in [5, 5.41) is 7.96. The number of hydrogen-bond acceptors (Lipinski definition) is 5. The van der Waals surface area contributed by atoms with E-state index in [2.05, 4.69) is 33.6 Å². The molecule has 4 saturated carbocycles. The van der Waals surface area contributed by atoms with Crippen molar-refractivity contribution in [1.82, 2.24) is 15.3 Å². The van der Waals surface area contributed by atoms with E-state index in [9.17, 15) is 4.79 Å². The van der Waals surface area contributed by atoms with Crippen LogP contribution in [0.5, 0.6) is 0 Å². The lowest BCUT2D eigenvalue weighted by molar-refractivity contribution is -0.0167. The molecule has 0 atom stereocenters. The first-order valence-corrected chi connectivity index (χ1v) is 12.2. The van der Waals surface area contributed by atoms with Crippen molar-refractivity contribution >= 4 is 33.3 Å². The summed E-state index contributed by atoms with van der Waals surface area (Å²) in [5.41, 5.74) is 1.95. The van der Waals surface area contributed by atoms with Crippen LogP contribution in [0.1, 0.15) is 59.3 Å². The van der Waals surface area contributed by atoms with Crippen LogP contribution in [0.25, 0.3) is 10.2 Å². The highest BCUT2D eigenvalue weighted by atomic mass is 32.1. The van der Waals surface area contributed by atoms with E-state index in [4.69, 9.17) is 0 Å². The SMILES string of the molecule is Cc1cc2c(NCc3ccc(C(=O)NC45CC6CC(CC(C6)C4)C5)cc3)ncnc2s1. The molecule has 4 fully saturated rings. The second kappa shape index (κ2) is 7.30. The van der Waals surface area contributed by atoms with Crippen molar-refractivity contribution < 1.29 is 4.79 Å². The number of nitrogens with one attached hydrogen (secondary N) is 2. The van der Waals surface area contributed by atoms with Gasteiger partial charge in [-0.1, -0.05) is 12.1 Å². The molecule has 4 aliphatic carbocycles. The fraction of sp³-hybridized carbons (Fsp3) is 0.480. The monoisotopic (exact) mass is 432 g/mol. The quantitative estimate of drug-likeness (QED) is 0.573. The zero-order chi connectivity index (χ0) is 21.0. The summed E-state index contributed by atoms with van der Waals surface area (Å²) in [4.78, 5) is 24.0. The molecule has 1 aromatic carbocycles. The Kier molecular flexibility index (Phi) is 4.53. The number of fused-ring (bicyclic) bond motifs is 1. The molecule has 6 heteroatoms. The van der Waals surface area contributed by atoms with E-state index in [0.29, 0.717) is 6.54 Å². The third kappa shape index (κ3) is 3.61. The predicted octanol–water partition coefficient (Wildman–Crippen LogP) is 5.31. The van der Waals surface area contributed by atoms with Crippen molar-refractivity contribution in [1.29, 1.82) is 0 Å². The number of aromatic nitrogens is 2. The average Bonchev–Trinajstić information content (AvgIpc) is 3.12. The molecule has 31 heavy (non-hydrogen) atoms. The molecule has 2 aromatic heterocycles. The normalized spacial score (nSPS) is 28.7. The summed E-state index contributed by atoms with van der Waals surface area (Å²) < 4.78 is 0. The van der Waals surface area contributed by atoms with Crippen LogP contribution in [0.2, 0.25) is 0 Å². The van der Waals surface area contributed by atoms with E-state index in [-0.39, 0.29) is 11.4 Å². The highest BCUT2D eigenvalue weighted by Gasteiger charge is 2.51. The highest BCUT2D eigenvalue weighted by Crippen LogP contribution is 2.55. The van der Waals surface area contributed by atoms with Gasteiger partial charge in [-0.25, -0.2) is 9.97 Å². The molecule has 0 unspecified atom stereocenters. The summed E-state index contributed by atoms with van der Waals surface area (Å²) in [5.74, 6) is 3.45. The number of carbonyl (C=O) groups is 1. The van der Waals surface area contributed by atoms with Gasteiger partial charge in [0.15, 0.2) is 0 Å². The second-order valence-corrected chi connectivity index (χ2v) is 11.2. The van der Waals surface area contributed by atoms with Gasteiger partial charge >= 0.3 is 0 Å². The first kappa shape index (κ1) is 19.2. The molecular weight excluding hydrogens is 404 g/mol. The molecule has 0 radical (unpaired) electrons. The van der Waals surface area contributed by atoms with E-state index in [1.807, 2.05) is 24.3 Å². The Balaban J connectivity index is 1.12. The fourth-order valence-corrected chi connectivity index (χ4v) is 7.50. The first-order valence-electron chi connectivity index (χ1n) is 11.4. The largest absolute Gasteiger partial charge is 0.365 e. The van der Waals surface area contributed by atoms with Gasteiger partial charge in [0.25, 0.3) is 5.91 Å². The van der Waals surface area contributed by atoms with Crippen molar-refractivity contribution in [2.75, 3.05) is 5.32 Å². The first-order chi connectivity index (χ1) is 15.1. The maximum absolute atomic E-state index is 13.0. The third-order valence-corrected chi connectivity index (χ3v) is 8.50. The number of aryl methyl sites for hydroxylation is 1. The maximum Gasteiger partial charge on any atom is 0.251 e. The van der Waals surface area contributed by atoms with E-state index >= 15 is 0 Å². The number of amides is 1. The van der Waals surface area contributed by atoms with E-state index in [1.165, 1.54) is 43.4 Å². The zero-order valence-corrected chi connectivity index (χ0v) is 18.7. The van der Waals surface area contributed by atoms with Crippen molar-refractivity contribution in [3.63, 3.8) is 0 Å². The summed E-state index contributed by atoms with van der Waals surface area (Å²) in [6.07, 6.45) is 9.33. The zero-order valence-electron chi connectivity index (χ0n) is 17.9. The minimum absolute atomic E-state index is 0.0586. The van der Waals surface area contributed by atoms with Crippen molar-refractivity contribution in [3.05, 3.63) is 52.7 Å². The average molecular weight is 433 g/mol. The van der Waals surface area contributed by atoms with Gasteiger partial charge in [0.2, 0.25) is 0 Å². The molecule has 3 aromatic rings. The van der Waals surface area contributed by atoms with E-state index < -0.39 is 0 Å². The number of anilines is 1. The molecule has 160 valence electrons. The van der Waals surface area contributed by atoms with Crippen LogP contribution in [-0.2, 0) is 6.54 Å².